The Labute approximate surface area is 154 Å². The summed E-state index contributed by atoms with van der Waals surface area (Å²) in [6.07, 6.45) is 3.51. The Balaban J connectivity index is 1.25. The largest absolute Gasteiger partial charge is 0.490 e. The minimum Gasteiger partial charge on any atom is -0.490 e. The Bertz CT molecular complexity index is 711. The Hall–Kier alpha value is -1.86. The molecule has 132 valence electrons. The topological polar surface area (TPSA) is 64.5 Å². The number of nitrogens with zero attached hydrogens (tertiary/aromatic N) is 3. The molecule has 1 saturated heterocycles. The second-order valence-corrected chi connectivity index (χ2v) is 7.84. The van der Waals surface area contributed by atoms with Crippen molar-refractivity contribution in [3.63, 3.8) is 0 Å². The van der Waals surface area contributed by atoms with Gasteiger partial charge in [0.1, 0.15) is 12.4 Å². The van der Waals surface area contributed by atoms with Gasteiger partial charge in [0.05, 0.1) is 17.2 Å². The lowest BCUT2D eigenvalue weighted by atomic mass is 10.0. The van der Waals surface area contributed by atoms with E-state index in [1.54, 1.807) is 6.20 Å². The second-order valence-electron chi connectivity index (χ2n) is 6.53. The number of carbonyl (C=O) groups is 1. The molecule has 8 heteroatoms. The zero-order valence-electron chi connectivity index (χ0n) is 13.5. The van der Waals surface area contributed by atoms with Gasteiger partial charge in [-0.2, -0.15) is 0 Å². The molecule has 4 rings (SSSR count). The van der Waals surface area contributed by atoms with Gasteiger partial charge in [-0.05, 0) is 60.5 Å². The summed E-state index contributed by atoms with van der Waals surface area (Å²) in [5, 5.41) is 4.44. The number of likely N-dealkylation sites (tertiary alicyclic amines) is 1. The van der Waals surface area contributed by atoms with Gasteiger partial charge in [-0.1, -0.05) is 16.1 Å². The lowest BCUT2D eigenvalue weighted by Gasteiger charge is -2.19. The van der Waals surface area contributed by atoms with Crippen molar-refractivity contribution in [2.75, 3.05) is 13.1 Å². The maximum absolute atomic E-state index is 12.2. The third kappa shape index (κ3) is 3.88. The van der Waals surface area contributed by atoms with E-state index in [1.807, 2.05) is 29.2 Å². The van der Waals surface area contributed by atoms with Crippen LogP contribution in [0.2, 0.25) is 5.02 Å². The van der Waals surface area contributed by atoms with E-state index >= 15 is 0 Å². The van der Waals surface area contributed by atoms with Crippen molar-refractivity contribution in [1.29, 1.82) is 0 Å². The fraction of sp³-hybridized carbons (Fsp3) is 0.471. The van der Waals surface area contributed by atoms with Crippen molar-refractivity contribution in [2.45, 2.75) is 25.6 Å². The normalized spacial score (nSPS) is 25.0. The number of aromatic nitrogens is 2. The van der Waals surface area contributed by atoms with E-state index in [0.29, 0.717) is 16.9 Å². The molecule has 1 aliphatic heterocycles. The van der Waals surface area contributed by atoms with Crippen LogP contribution in [0.5, 0.6) is 5.75 Å². The van der Waals surface area contributed by atoms with Crippen molar-refractivity contribution in [2.24, 2.45) is 11.8 Å². The molecule has 3 atom stereocenters. The summed E-state index contributed by atoms with van der Waals surface area (Å²) >= 11 is 7.14. The van der Waals surface area contributed by atoms with E-state index in [4.69, 9.17) is 21.1 Å². The first kappa shape index (κ1) is 16.6. The van der Waals surface area contributed by atoms with E-state index in [0.717, 1.165) is 36.6 Å². The summed E-state index contributed by atoms with van der Waals surface area (Å²) in [6, 6.07) is 7.47. The van der Waals surface area contributed by atoms with Gasteiger partial charge >= 0.3 is 6.09 Å². The molecule has 0 bridgehead atoms. The Morgan fingerprint density at radius 1 is 1.24 bits per heavy atom. The van der Waals surface area contributed by atoms with E-state index in [1.165, 1.54) is 11.5 Å². The van der Waals surface area contributed by atoms with Gasteiger partial charge in [0.25, 0.3) is 0 Å². The van der Waals surface area contributed by atoms with Crippen LogP contribution < -0.4 is 4.74 Å². The number of ether oxygens (including phenoxy) is 2. The number of halogens is 1. The second kappa shape index (κ2) is 7.17. The molecule has 1 aromatic heterocycles. The zero-order chi connectivity index (χ0) is 17.2. The predicted octanol–water partition coefficient (Wildman–Crippen LogP) is 3.62. The van der Waals surface area contributed by atoms with Crippen LogP contribution in [0.3, 0.4) is 0 Å². The van der Waals surface area contributed by atoms with E-state index in [2.05, 4.69) is 9.59 Å². The van der Waals surface area contributed by atoms with Gasteiger partial charge < -0.3 is 14.4 Å². The smallest absolute Gasteiger partial charge is 0.410 e. The predicted molar refractivity (Wildman–Crippen MR) is 93.7 cm³/mol. The van der Waals surface area contributed by atoms with Gasteiger partial charge in [0.15, 0.2) is 0 Å². The third-order valence-corrected chi connectivity index (χ3v) is 5.71. The Morgan fingerprint density at radius 2 is 1.96 bits per heavy atom. The minimum atomic E-state index is -0.252. The highest BCUT2D eigenvalue weighted by atomic mass is 35.5. The van der Waals surface area contributed by atoms with Gasteiger partial charge in [-0.25, -0.2) is 4.79 Å². The van der Waals surface area contributed by atoms with Gasteiger partial charge in [0, 0.05) is 18.1 Å². The van der Waals surface area contributed by atoms with Crippen molar-refractivity contribution in [3.05, 3.63) is 40.4 Å². The Morgan fingerprint density at radius 3 is 2.60 bits per heavy atom. The first-order valence-electron chi connectivity index (χ1n) is 8.27. The molecule has 1 aliphatic carbocycles. The highest BCUT2D eigenvalue weighted by Crippen LogP contribution is 2.40. The first-order valence-corrected chi connectivity index (χ1v) is 9.42. The van der Waals surface area contributed by atoms with E-state index < -0.39 is 0 Å². The standard InChI is InChI=1S/C17H18ClN3O3S/c18-13-1-3-14(4-2-13)24-15-5-11-8-21(9-12(11)6-15)17(22)23-10-16-7-19-20-25-16/h1-4,7,11-12,15H,5-6,8-10H2/t11-,12+,15?. The molecular weight excluding hydrogens is 362 g/mol. The molecule has 2 fully saturated rings. The fourth-order valence-corrected chi connectivity index (χ4v) is 4.20. The molecule has 6 nitrogen and oxygen atoms in total. The summed E-state index contributed by atoms with van der Waals surface area (Å²) in [4.78, 5) is 14.9. The average Bonchev–Trinajstić information content (AvgIpc) is 3.31. The van der Waals surface area contributed by atoms with E-state index in [9.17, 15) is 4.79 Å². The number of hydrogen-bond acceptors (Lipinski definition) is 6. The molecule has 2 aliphatic rings. The van der Waals surface area contributed by atoms with E-state index in [-0.39, 0.29) is 18.8 Å². The van der Waals surface area contributed by atoms with Crippen molar-refractivity contribution < 1.29 is 14.3 Å². The van der Waals surface area contributed by atoms with Gasteiger partial charge in [0.2, 0.25) is 0 Å². The van der Waals surface area contributed by atoms with Gasteiger partial charge in [-0.15, -0.1) is 5.10 Å². The molecule has 1 saturated carbocycles. The summed E-state index contributed by atoms with van der Waals surface area (Å²) in [5.41, 5.74) is 0. The number of rotatable bonds is 4. The Kier molecular flexibility index (Phi) is 4.76. The maximum atomic E-state index is 12.2. The van der Waals surface area contributed by atoms with Crippen LogP contribution in [0, 0.1) is 11.8 Å². The van der Waals surface area contributed by atoms with Gasteiger partial charge in [-0.3, -0.25) is 0 Å². The number of carbonyl (C=O) groups excluding carboxylic acids is 1. The third-order valence-electron chi connectivity index (χ3n) is 4.83. The highest BCUT2D eigenvalue weighted by molar-refractivity contribution is 7.05. The van der Waals surface area contributed by atoms with Crippen LogP contribution in [0.15, 0.2) is 30.5 Å². The summed E-state index contributed by atoms with van der Waals surface area (Å²) in [5.74, 6) is 1.81. The highest BCUT2D eigenvalue weighted by Gasteiger charge is 2.43. The van der Waals surface area contributed by atoms with Crippen LogP contribution in [0.1, 0.15) is 17.7 Å². The summed E-state index contributed by atoms with van der Waals surface area (Å²) in [6.45, 7) is 1.72. The molecule has 1 unspecified atom stereocenters. The summed E-state index contributed by atoms with van der Waals surface area (Å²) in [7, 11) is 0. The monoisotopic (exact) mass is 379 g/mol. The lowest BCUT2D eigenvalue weighted by Crippen LogP contribution is -2.31. The molecule has 1 amide bonds. The molecule has 0 N–H and O–H groups in total. The minimum absolute atomic E-state index is 0.206. The molecule has 25 heavy (non-hydrogen) atoms. The first-order chi connectivity index (χ1) is 12.2. The van der Waals surface area contributed by atoms with Crippen molar-refractivity contribution in [3.8, 4) is 5.75 Å². The zero-order valence-corrected chi connectivity index (χ0v) is 15.1. The van der Waals surface area contributed by atoms with Crippen molar-refractivity contribution >= 4 is 29.2 Å². The maximum Gasteiger partial charge on any atom is 0.410 e. The number of hydrogen-bond donors (Lipinski definition) is 0. The number of benzene rings is 1. The number of fused-ring (bicyclic) bond motifs is 1. The molecule has 0 spiro atoms. The molecule has 2 heterocycles. The molecule has 1 aromatic carbocycles. The SMILES string of the molecule is O=C(OCc1cnns1)N1C[C@H]2CC(Oc3ccc(Cl)cc3)C[C@H]2C1. The molecule has 2 aromatic rings. The van der Waals surface area contributed by atoms with Crippen LogP contribution >= 0.6 is 23.1 Å². The fourth-order valence-electron chi connectivity index (χ4n) is 3.67. The van der Waals surface area contributed by atoms with Crippen LogP contribution in [-0.4, -0.2) is 39.8 Å². The molecule has 0 radical (unpaired) electrons. The van der Waals surface area contributed by atoms with Crippen LogP contribution in [0.4, 0.5) is 4.79 Å². The van der Waals surface area contributed by atoms with Crippen LogP contribution in [-0.2, 0) is 11.3 Å². The molecular formula is C17H18ClN3O3S. The number of amides is 1. The lowest BCUT2D eigenvalue weighted by molar-refractivity contribution is 0.0994. The average molecular weight is 380 g/mol. The quantitative estimate of drug-likeness (QED) is 0.811. The van der Waals surface area contributed by atoms with Crippen molar-refractivity contribution in [1.82, 2.24) is 14.5 Å². The van der Waals surface area contributed by atoms with Crippen LogP contribution in [0.25, 0.3) is 0 Å². The summed E-state index contributed by atoms with van der Waals surface area (Å²) < 4.78 is 15.2.